The van der Waals surface area contributed by atoms with E-state index in [9.17, 15) is 15.2 Å². The zero-order valence-corrected chi connectivity index (χ0v) is 9.55. The molecule has 0 saturated carbocycles. The van der Waals surface area contributed by atoms with Gasteiger partial charge < -0.3 is 20.0 Å². The fourth-order valence-corrected chi connectivity index (χ4v) is 1.52. The standard InChI is InChI=1S/C7H10BrN3O4/c1-15-4-5(12)3-10-6(8)2-9-7(10)11(13)14/h2,5,12H,3-4H2,1H3. The summed E-state index contributed by atoms with van der Waals surface area (Å²) in [5.41, 5.74) is 0. The van der Waals surface area contributed by atoms with Crippen molar-refractivity contribution in [3.63, 3.8) is 0 Å². The Labute approximate surface area is 94.0 Å². The number of methoxy groups -OCH3 is 1. The van der Waals surface area contributed by atoms with Gasteiger partial charge in [0.15, 0.2) is 10.8 Å². The van der Waals surface area contributed by atoms with Crippen LogP contribution in [0.1, 0.15) is 0 Å². The van der Waals surface area contributed by atoms with Crippen molar-refractivity contribution >= 4 is 21.9 Å². The lowest BCUT2D eigenvalue weighted by atomic mass is 10.4. The topological polar surface area (TPSA) is 90.4 Å². The van der Waals surface area contributed by atoms with Crippen molar-refractivity contribution in [2.45, 2.75) is 12.6 Å². The summed E-state index contributed by atoms with van der Waals surface area (Å²) in [6.45, 7) is 0.173. The van der Waals surface area contributed by atoms with E-state index in [1.807, 2.05) is 0 Å². The minimum Gasteiger partial charge on any atom is -0.390 e. The van der Waals surface area contributed by atoms with Crippen LogP contribution in [0.2, 0.25) is 0 Å². The number of aliphatic hydroxyl groups is 1. The molecule has 0 aliphatic heterocycles. The molecule has 1 N–H and O–H groups in total. The lowest BCUT2D eigenvalue weighted by Crippen LogP contribution is -2.22. The molecule has 0 spiro atoms. The first-order valence-electron chi connectivity index (χ1n) is 4.08. The van der Waals surface area contributed by atoms with E-state index in [-0.39, 0.29) is 19.1 Å². The Balaban J connectivity index is 2.83. The van der Waals surface area contributed by atoms with E-state index < -0.39 is 11.0 Å². The second-order valence-corrected chi connectivity index (χ2v) is 3.67. The number of nitro groups is 1. The largest absolute Gasteiger partial charge is 0.435 e. The quantitative estimate of drug-likeness (QED) is 0.628. The number of hydrogen-bond donors (Lipinski definition) is 1. The average Bonchev–Trinajstić information content (AvgIpc) is 2.48. The summed E-state index contributed by atoms with van der Waals surface area (Å²) in [6.07, 6.45) is 0.511. The molecular formula is C7H10BrN3O4. The van der Waals surface area contributed by atoms with Gasteiger partial charge in [-0.25, -0.2) is 4.57 Å². The van der Waals surface area contributed by atoms with Crippen molar-refractivity contribution in [3.8, 4) is 0 Å². The van der Waals surface area contributed by atoms with Crippen LogP contribution in [-0.4, -0.2) is 39.4 Å². The van der Waals surface area contributed by atoms with Crippen LogP contribution in [0.25, 0.3) is 0 Å². The number of aromatic nitrogens is 2. The van der Waals surface area contributed by atoms with Gasteiger partial charge in [-0.15, -0.1) is 0 Å². The summed E-state index contributed by atoms with van der Waals surface area (Å²) < 4.78 is 6.44. The molecule has 1 aromatic rings. The molecular weight excluding hydrogens is 270 g/mol. The maximum absolute atomic E-state index is 10.6. The third-order valence-corrected chi connectivity index (χ3v) is 2.33. The molecule has 1 rings (SSSR count). The van der Waals surface area contributed by atoms with Crippen molar-refractivity contribution in [1.29, 1.82) is 0 Å². The number of ether oxygens (including phenoxy) is 1. The smallest absolute Gasteiger partial charge is 0.390 e. The normalized spacial score (nSPS) is 12.7. The monoisotopic (exact) mass is 279 g/mol. The van der Waals surface area contributed by atoms with E-state index in [1.165, 1.54) is 17.9 Å². The van der Waals surface area contributed by atoms with Crippen molar-refractivity contribution in [3.05, 3.63) is 20.9 Å². The first-order chi connectivity index (χ1) is 7.06. The molecule has 1 aromatic heterocycles. The predicted octanol–water partition coefficient (Wildman–Crippen LogP) is 0.561. The highest BCUT2D eigenvalue weighted by Gasteiger charge is 2.21. The van der Waals surface area contributed by atoms with Gasteiger partial charge in [-0.3, -0.25) is 0 Å². The highest BCUT2D eigenvalue weighted by atomic mass is 79.9. The fraction of sp³-hybridized carbons (Fsp3) is 0.571. The van der Waals surface area contributed by atoms with Crippen molar-refractivity contribution < 1.29 is 14.8 Å². The van der Waals surface area contributed by atoms with Crippen molar-refractivity contribution in [1.82, 2.24) is 9.55 Å². The summed E-state index contributed by atoms with van der Waals surface area (Å²) in [7, 11) is 1.45. The lowest BCUT2D eigenvalue weighted by molar-refractivity contribution is -0.397. The predicted molar refractivity (Wildman–Crippen MR) is 54.5 cm³/mol. The first kappa shape index (κ1) is 12.1. The minimum atomic E-state index is -0.806. The van der Waals surface area contributed by atoms with E-state index in [2.05, 4.69) is 20.9 Å². The number of imidazole rings is 1. The first-order valence-corrected chi connectivity index (χ1v) is 4.88. The van der Waals surface area contributed by atoms with Gasteiger partial charge in [-0.2, -0.15) is 0 Å². The SMILES string of the molecule is COCC(O)Cn1c(Br)cnc1[N+](=O)[O-]. The van der Waals surface area contributed by atoms with Gasteiger partial charge in [0.25, 0.3) is 0 Å². The Hall–Kier alpha value is -0.990. The Morgan fingerprint density at radius 1 is 1.87 bits per heavy atom. The molecule has 0 saturated heterocycles. The Morgan fingerprint density at radius 3 is 3.07 bits per heavy atom. The van der Waals surface area contributed by atoms with Gasteiger partial charge in [0.2, 0.25) is 0 Å². The molecule has 0 aromatic carbocycles. The van der Waals surface area contributed by atoms with Crippen LogP contribution in [-0.2, 0) is 11.3 Å². The number of aliphatic hydroxyl groups excluding tert-OH is 1. The van der Waals surface area contributed by atoms with Crippen LogP contribution in [0, 0.1) is 10.1 Å². The molecule has 84 valence electrons. The fourth-order valence-electron chi connectivity index (χ4n) is 1.12. The number of halogens is 1. The van der Waals surface area contributed by atoms with Gasteiger partial charge in [0, 0.05) is 7.11 Å². The molecule has 0 radical (unpaired) electrons. The summed E-state index contributed by atoms with van der Waals surface area (Å²) in [5.74, 6) is -0.308. The van der Waals surface area contributed by atoms with Crippen LogP contribution in [0.5, 0.6) is 0 Å². The Morgan fingerprint density at radius 2 is 2.53 bits per heavy atom. The van der Waals surface area contributed by atoms with E-state index in [1.54, 1.807) is 0 Å². The molecule has 0 bridgehead atoms. The van der Waals surface area contributed by atoms with Gasteiger partial charge in [0.1, 0.15) is 12.6 Å². The zero-order chi connectivity index (χ0) is 11.4. The Kier molecular flexibility index (Phi) is 4.18. The summed E-state index contributed by atoms with van der Waals surface area (Å²) in [5, 5.41) is 20.0. The van der Waals surface area contributed by atoms with Gasteiger partial charge in [0.05, 0.1) is 6.61 Å². The van der Waals surface area contributed by atoms with Crippen LogP contribution in [0.4, 0.5) is 5.95 Å². The number of hydrogen-bond acceptors (Lipinski definition) is 5. The van der Waals surface area contributed by atoms with Gasteiger partial charge >= 0.3 is 5.95 Å². The van der Waals surface area contributed by atoms with Crippen LogP contribution in [0.3, 0.4) is 0 Å². The summed E-state index contributed by atoms with van der Waals surface area (Å²) >= 11 is 3.11. The third kappa shape index (κ3) is 2.98. The minimum absolute atomic E-state index is 0.0603. The third-order valence-electron chi connectivity index (χ3n) is 1.70. The molecule has 1 atom stereocenters. The molecule has 8 heteroatoms. The summed E-state index contributed by atoms with van der Waals surface area (Å²) in [6, 6.07) is 0. The molecule has 0 aliphatic rings. The lowest BCUT2D eigenvalue weighted by Gasteiger charge is -2.08. The Bertz CT molecular complexity index is 354. The number of nitrogens with zero attached hydrogens (tertiary/aromatic N) is 3. The van der Waals surface area contributed by atoms with Crippen LogP contribution >= 0.6 is 15.9 Å². The maximum Gasteiger partial charge on any atom is 0.435 e. The second-order valence-electron chi connectivity index (χ2n) is 2.86. The number of rotatable bonds is 5. The summed E-state index contributed by atoms with van der Waals surface area (Å²) in [4.78, 5) is 13.5. The van der Waals surface area contributed by atoms with Crippen molar-refractivity contribution in [2.24, 2.45) is 0 Å². The van der Waals surface area contributed by atoms with Gasteiger partial charge in [-0.1, -0.05) is 4.98 Å². The van der Waals surface area contributed by atoms with E-state index in [0.29, 0.717) is 4.60 Å². The average molecular weight is 280 g/mol. The van der Waals surface area contributed by atoms with Gasteiger partial charge in [-0.05, 0) is 20.9 Å². The second kappa shape index (κ2) is 5.19. The molecule has 0 fully saturated rings. The maximum atomic E-state index is 10.6. The highest BCUT2D eigenvalue weighted by Crippen LogP contribution is 2.18. The molecule has 0 amide bonds. The van der Waals surface area contributed by atoms with Crippen molar-refractivity contribution in [2.75, 3.05) is 13.7 Å². The van der Waals surface area contributed by atoms with Crippen LogP contribution < -0.4 is 0 Å². The van der Waals surface area contributed by atoms with E-state index >= 15 is 0 Å². The molecule has 1 unspecified atom stereocenters. The molecule has 0 aliphatic carbocycles. The van der Waals surface area contributed by atoms with E-state index in [0.717, 1.165) is 0 Å². The zero-order valence-electron chi connectivity index (χ0n) is 7.96. The van der Waals surface area contributed by atoms with Crippen LogP contribution in [0.15, 0.2) is 10.8 Å². The highest BCUT2D eigenvalue weighted by molar-refractivity contribution is 9.10. The molecule has 15 heavy (non-hydrogen) atoms. The molecule has 1 heterocycles. The molecule has 7 nitrogen and oxygen atoms in total. The van der Waals surface area contributed by atoms with E-state index in [4.69, 9.17) is 4.74 Å².